The second-order valence-electron chi connectivity index (χ2n) is 5.46. The highest BCUT2D eigenvalue weighted by molar-refractivity contribution is 7.90. The molecule has 0 saturated carbocycles. The van der Waals surface area contributed by atoms with Gasteiger partial charge in [-0.15, -0.1) is 0 Å². The summed E-state index contributed by atoms with van der Waals surface area (Å²) in [4.78, 5) is 3.99. The molecule has 24 heavy (non-hydrogen) atoms. The SMILES string of the molecule is Cc1ccoc1-c1cn(S(=O)(=O)c2ccccn2)c2ccccc12. The van der Waals surface area contributed by atoms with Gasteiger partial charge in [-0.3, -0.25) is 0 Å². The second kappa shape index (κ2) is 5.35. The van der Waals surface area contributed by atoms with Crippen molar-refractivity contribution in [2.75, 3.05) is 0 Å². The van der Waals surface area contributed by atoms with Gasteiger partial charge in [0, 0.05) is 23.3 Å². The summed E-state index contributed by atoms with van der Waals surface area (Å²) in [7, 11) is -3.78. The molecule has 0 fully saturated rings. The Morgan fingerprint density at radius 3 is 2.54 bits per heavy atom. The lowest BCUT2D eigenvalue weighted by molar-refractivity contribution is 0.580. The number of furan rings is 1. The number of pyridine rings is 1. The molecule has 0 spiro atoms. The Morgan fingerprint density at radius 2 is 1.83 bits per heavy atom. The Morgan fingerprint density at radius 1 is 1.04 bits per heavy atom. The molecule has 0 radical (unpaired) electrons. The summed E-state index contributed by atoms with van der Waals surface area (Å²) in [5.41, 5.74) is 2.29. The minimum atomic E-state index is -3.78. The quantitative estimate of drug-likeness (QED) is 0.569. The number of aryl methyl sites for hydroxylation is 1. The Bertz CT molecular complexity index is 1130. The monoisotopic (exact) mass is 338 g/mol. The van der Waals surface area contributed by atoms with E-state index >= 15 is 0 Å². The van der Waals surface area contributed by atoms with Crippen LogP contribution in [0.15, 0.2) is 76.6 Å². The molecule has 4 aromatic rings. The summed E-state index contributed by atoms with van der Waals surface area (Å²) < 4.78 is 32.8. The van der Waals surface area contributed by atoms with Crippen LogP contribution in [-0.2, 0) is 10.0 Å². The van der Waals surface area contributed by atoms with Gasteiger partial charge >= 0.3 is 0 Å². The number of hydrogen-bond donors (Lipinski definition) is 0. The first-order chi connectivity index (χ1) is 11.6. The summed E-state index contributed by atoms with van der Waals surface area (Å²) in [5, 5.41) is 0.823. The maximum Gasteiger partial charge on any atom is 0.285 e. The number of aromatic nitrogens is 2. The highest BCUT2D eigenvalue weighted by Crippen LogP contribution is 2.34. The van der Waals surface area contributed by atoms with E-state index in [0.29, 0.717) is 11.3 Å². The van der Waals surface area contributed by atoms with Crippen LogP contribution in [-0.4, -0.2) is 17.4 Å². The highest BCUT2D eigenvalue weighted by Gasteiger charge is 2.23. The minimum absolute atomic E-state index is 0.00784. The van der Waals surface area contributed by atoms with Crippen LogP contribution in [0.25, 0.3) is 22.2 Å². The third-order valence-corrected chi connectivity index (χ3v) is 5.54. The summed E-state index contributed by atoms with van der Waals surface area (Å²) in [6.07, 6.45) is 4.67. The number of fused-ring (bicyclic) bond motifs is 1. The van der Waals surface area contributed by atoms with Gasteiger partial charge in [0.25, 0.3) is 10.0 Å². The number of para-hydroxylation sites is 1. The van der Waals surface area contributed by atoms with Gasteiger partial charge < -0.3 is 4.42 Å². The second-order valence-corrected chi connectivity index (χ2v) is 7.22. The highest BCUT2D eigenvalue weighted by atomic mass is 32.2. The molecule has 3 aromatic heterocycles. The first kappa shape index (κ1) is 14.7. The van der Waals surface area contributed by atoms with Crippen molar-refractivity contribution >= 4 is 20.9 Å². The topological polar surface area (TPSA) is 65.1 Å². The van der Waals surface area contributed by atoms with Crippen LogP contribution in [0.3, 0.4) is 0 Å². The van der Waals surface area contributed by atoms with Crippen molar-refractivity contribution in [3.05, 3.63) is 72.8 Å². The fraction of sp³-hybridized carbons (Fsp3) is 0.0556. The summed E-state index contributed by atoms with van der Waals surface area (Å²) >= 11 is 0. The molecule has 6 heteroatoms. The molecule has 0 atom stereocenters. The minimum Gasteiger partial charge on any atom is -0.464 e. The smallest absolute Gasteiger partial charge is 0.285 e. The van der Waals surface area contributed by atoms with Crippen LogP contribution in [0, 0.1) is 6.92 Å². The molecule has 0 unspecified atom stereocenters. The Kier molecular flexibility index (Phi) is 3.28. The van der Waals surface area contributed by atoms with Crippen LogP contribution in [0.4, 0.5) is 0 Å². The van der Waals surface area contributed by atoms with Crippen molar-refractivity contribution in [3.63, 3.8) is 0 Å². The number of rotatable bonds is 3. The lowest BCUT2D eigenvalue weighted by Gasteiger charge is -2.06. The van der Waals surface area contributed by atoms with Crippen LogP contribution >= 0.6 is 0 Å². The van der Waals surface area contributed by atoms with E-state index < -0.39 is 10.0 Å². The molecule has 0 N–H and O–H groups in total. The molecule has 1 aromatic carbocycles. The van der Waals surface area contributed by atoms with E-state index in [9.17, 15) is 8.42 Å². The predicted octanol–water partition coefficient (Wildman–Crippen LogP) is 3.84. The number of nitrogens with zero attached hydrogens (tertiary/aromatic N) is 2. The summed E-state index contributed by atoms with van der Waals surface area (Å²) in [5.74, 6) is 0.668. The predicted molar refractivity (Wildman–Crippen MR) is 91.2 cm³/mol. The van der Waals surface area contributed by atoms with E-state index in [-0.39, 0.29) is 5.03 Å². The van der Waals surface area contributed by atoms with E-state index in [1.807, 2.05) is 31.2 Å². The fourth-order valence-electron chi connectivity index (χ4n) is 2.78. The van der Waals surface area contributed by atoms with E-state index in [1.54, 1.807) is 30.7 Å². The zero-order valence-electron chi connectivity index (χ0n) is 12.9. The van der Waals surface area contributed by atoms with Gasteiger partial charge in [0.2, 0.25) is 0 Å². The molecule has 0 aliphatic carbocycles. The van der Waals surface area contributed by atoms with Crippen LogP contribution in [0.1, 0.15) is 5.56 Å². The maximum atomic E-state index is 13.0. The van der Waals surface area contributed by atoms with Crippen molar-refractivity contribution in [1.82, 2.24) is 8.96 Å². The molecule has 0 amide bonds. The van der Waals surface area contributed by atoms with Crippen LogP contribution in [0.2, 0.25) is 0 Å². The Balaban J connectivity index is 2.03. The lowest BCUT2D eigenvalue weighted by atomic mass is 10.1. The summed E-state index contributed by atoms with van der Waals surface area (Å²) in [6, 6.07) is 14.0. The molecule has 3 heterocycles. The summed E-state index contributed by atoms with van der Waals surface area (Å²) in [6.45, 7) is 1.93. The third kappa shape index (κ3) is 2.15. The average molecular weight is 338 g/mol. The molecule has 0 saturated heterocycles. The number of hydrogen-bond acceptors (Lipinski definition) is 4. The van der Waals surface area contributed by atoms with Crippen molar-refractivity contribution < 1.29 is 12.8 Å². The van der Waals surface area contributed by atoms with Gasteiger partial charge in [-0.1, -0.05) is 24.3 Å². The zero-order chi connectivity index (χ0) is 16.7. The molecular formula is C18H14N2O3S. The molecule has 0 aliphatic heterocycles. The van der Waals surface area contributed by atoms with Crippen molar-refractivity contribution in [1.29, 1.82) is 0 Å². The standard InChI is InChI=1S/C18H14N2O3S/c1-13-9-11-23-18(13)15-12-20(16-7-3-2-6-14(15)16)24(21,22)17-8-4-5-10-19-17/h2-12H,1H3. The molecule has 0 bridgehead atoms. The van der Waals surface area contributed by atoms with Crippen molar-refractivity contribution in [2.24, 2.45) is 0 Å². The molecule has 4 rings (SSSR count). The van der Waals surface area contributed by atoms with E-state index in [4.69, 9.17) is 4.42 Å². The Labute approximate surface area is 139 Å². The van der Waals surface area contributed by atoms with Gasteiger partial charge in [0.15, 0.2) is 5.03 Å². The van der Waals surface area contributed by atoms with E-state index in [0.717, 1.165) is 16.5 Å². The first-order valence-corrected chi connectivity index (χ1v) is 8.84. The van der Waals surface area contributed by atoms with Crippen LogP contribution in [0.5, 0.6) is 0 Å². The molecule has 120 valence electrons. The van der Waals surface area contributed by atoms with E-state index in [1.165, 1.54) is 16.2 Å². The largest absolute Gasteiger partial charge is 0.464 e. The first-order valence-electron chi connectivity index (χ1n) is 7.40. The Hall–Kier alpha value is -2.86. The maximum absolute atomic E-state index is 13.0. The van der Waals surface area contributed by atoms with Crippen molar-refractivity contribution in [3.8, 4) is 11.3 Å². The van der Waals surface area contributed by atoms with E-state index in [2.05, 4.69) is 4.98 Å². The van der Waals surface area contributed by atoms with Crippen LogP contribution < -0.4 is 0 Å². The zero-order valence-corrected chi connectivity index (χ0v) is 13.7. The fourth-order valence-corrected chi connectivity index (χ4v) is 4.09. The van der Waals surface area contributed by atoms with Gasteiger partial charge in [-0.25, -0.2) is 8.96 Å². The average Bonchev–Trinajstić information content (AvgIpc) is 3.19. The van der Waals surface area contributed by atoms with Gasteiger partial charge in [-0.05, 0) is 36.8 Å². The van der Waals surface area contributed by atoms with Gasteiger partial charge in [0.1, 0.15) is 5.76 Å². The van der Waals surface area contributed by atoms with Gasteiger partial charge in [-0.2, -0.15) is 8.42 Å². The van der Waals surface area contributed by atoms with Gasteiger partial charge in [0.05, 0.1) is 11.8 Å². The molecule has 0 aliphatic rings. The number of benzene rings is 1. The molecule has 5 nitrogen and oxygen atoms in total. The van der Waals surface area contributed by atoms with Crippen molar-refractivity contribution in [2.45, 2.75) is 11.9 Å². The third-order valence-electron chi connectivity index (χ3n) is 3.95. The normalized spacial score (nSPS) is 11.9. The molecular weight excluding hydrogens is 324 g/mol. The lowest BCUT2D eigenvalue weighted by Crippen LogP contribution is -2.13.